The highest BCUT2D eigenvalue weighted by molar-refractivity contribution is 8.15. The second kappa shape index (κ2) is 8.98. The Labute approximate surface area is 157 Å². The van der Waals surface area contributed by atoms with Gasteiger partial charge in [0, 0.05) is 11.6 Å². The minimum atomic E-state index is -1.31. The van der Waals surface area contributed by atoms with E-state index in [2.05, 4.69) is 15.5 Å². The number of nitro groups is 1. The van der Waals surface area contributed by atoms with Crippen LogP contribution in [0.1, 0.15) is 19.4 Å². The number of nitrogens with zero attached hydrogens (tertiary/aromatic N) is 3. The molecule has 11 nitrogen and oxygen atoms in total. The summed E-state index contributed by atoms with van der Waals surface area (Å²) in [5, 5.41) is 30.8. The lowest BCUT2D eigenvalue weighted by atomic mass is 10.1. The molecule has 2 N–H and O–H groups in total. The van der Waals surface area contributed by atoms with Gasteiger partial charge in [0.1, 0.15) is 0 Å². The molecule has 0 radical (unpaired) electrons. The Balaban J connectivity index is 2.37. The van der Waals surface area contributed by atoms with Crippen LogP contribution in [-0.4, -0.2) is 51.8 Å². The molecule has 1 fully saturated rings. The number of carbonyl (C=O) groups is 2. The predicted octanol–water partition coefficient (Wildman–Crippen LogP) is 1.40. The second-order valence-corrected chi connectivity index (χ2v) is 6.11. The molecule has 0 aromatic heterocycles. The molecule has 2 rings (SSSR count). The van der Waals surface area contributed by atoms with Crippen LogP contribution in [0.2, 0.25) is 0 Å². The number of amides is 1. The SMILES string of the molecule is CCOc1cc(C=NN=C2NC(=O)CS2)cc([N+](=O)[O-])c1OC(C)C(=O)O. The summed E-state index contributed by atoms with van der Waals surface area (Å²) in [7, 11) is 0. The van der Waals surface area contributed by atoms with E-state index in [1.54, 1.807) is 6.92 Å². The van der Waals surface area contributed by atoms with Crippen molar-refractivity contribution >= 4 is 40.7 Å². The first-order valence-electron chi connectivity index (χ1n) is 7.70. The lowest BCUT2D eigenvalue weighted by Gasteiger charge is -2.15. The monoisotopic (exact) mass is 396 g/mol. The number of carboxylic acids is 1. The summed E-state index contributed by atoms with van der Waals surface area (Å²) in [6.45, 7) is 3.10. The number of thioether (sulfide) groups is 1. The van der Waals surface area contributed by atoms with Gasteiger partial charge in [0.25, 0.3) is 0 Å². The number of nitro benzene ring substituents is 1. The molecule has 1 aliphatic rings. The minimum Gasteiger partial charge on any atom is -0.490 e. The van der Waals surface area contributed by atoms with Crippen LogP contribution in [0.4, 0.5) is 5.69 Å². The highest BCUT2D eigenvalue weighted by Crippen LogP contribution is 2.39. The van der Waals surface area contributed by atoms with Crippen LogP contribution in [0, 0.1) is 10.1 Å². The third-order valence-electron chi connectivity index (χ3n) is 3.14. The first-order chi connectivity index (χ1) is 12.8. The zero-order chi connectivity index (χ0) is 20.0. The Hall–Kier alpha value is -3.15. The van der Waals surface area contributed by atoms with E-state index in [0.29, 0.717) is 10.7 Å². The number of hydrogen-bond acceptors (Lipinski definition) is 9. The van der Waals surface area contributed by atoms with Crippen molar-refractivity contribution in [2.24, 2.45) is 10.2 Å². The standard InChI is InChI=1S/C15H16N4O7S/c1-3-25-11-5-9(6-16-18-15-17-12(20)7-27-15)4-10(19(23)24)13(11)26-8(2)14(21)22/h4-6,8H,3,7H2,1-2H3,(H,21,22)(H,17,18,20). The molecule has 144 valence electrons. The van der Waals surface area contributed by atoms with E-state index in [9.17, 15) is 19.7 Å². The van der Waals surface area contributed by atoms with E-state index in [4.69, 9.17) is 14.6 Å². The second-order valence-electron chi connectivity index (χ2n) is 5.14. The van der Waals surface area contributed by atoms with Crippen LogP contribution in [0.3, 0.4) is 0 Å². The maximum atomic E-state index is 11.4. The van der Waals surface area contributed by atoms with Crippen LogP contribution in [0.5, 0.6) is 11.5 Å². The maximum Gasteiger partial charge on any atom is 0.344 e. The van der Waals surface area contributed by atoms with E-state index in [0.717, 1.165) is 6.07 Å². The van der Waals surface area contributed by atoms with Crippen LogP contribution in [-0.2, 0) is 9.59 Å². The molecular formula is C15H16N4O7S. The Bertz CT molecular complexity index is 825. The molecule has 1 heterocycles. The third kappa shape index (κ3) is 5.41. The molecule has 1 aliphatic heterocycles. The van der Waals surface area contributed by atoms with Crippen LogP contribution >= 0.6 is 11.8 Å². The fourth-order valence-electron chi connectivity index (χ4n) is 1.95. The first kappa shape index (κ1) is 20.2. The van der Waals surface area contributed by atoms with Crippen molar-refractivity contribution in [3.05, 3.63) is 27.8 Å². The van der Waals surface area contributed by atoms with Gasteiger partial charge in [0.2, 0.25) is 11.7 Å². The minimum absolute atomic E-state index is 0.0115. The lowest BCUT2D eigenvalue weighted by Crippen LogP contribution is -2.23. The molecule has 1 atom stereocenters. The zero-order valence-electron chi connectivity index (χ0n) is 14.4. The van der Waals surface area contributed by atoms with E-state index in [1.165, 1.54) is 31.0 Å². The van der Waals surface area contributed by atoms with Gasteiger partial charge in [-0.25, -0.2) is 4.79 Å². The predicted molar refractivity (Wildman–Crippen MR) is 97.6 cm³/mol. The van der Waals surface area contributed by atoms with Gasteiger partial charge >= 0.3 is 11.7 Å². The van der Waals surface area contributed by atoms with E-state index in [-0.39, 0.29) is 29.8 Å². The summed E-state index contributed by atoms with van der Waals surface area (Å²) in [6, 6.07) is 2.58. The van der Waals surface area contributed by atoms with Crippen molar-refractivity contribution in [1.82, 2.24) is 5.32 Å². The Kier molecular flexibility index (Phi) is 6.71. The Morgan fingerprint density at radius 3 is 2.85 bits per heavy atom. The van der Waals surface area contributed by atoms with Crippen molar-refractivity contribution in [1.29, 1.82) is 0 Å². The van der Waals surface area contributed by atoms with Gasteiger partial charge in [-0.3, -0.25) is 14.9 Å². The molecular weight excluding hydrogens is 380 g/mol. The van der Waals surface area contributed by atoms with Gasteiger partial charge in [-0.1, -0.05) is 11.8 Å². The summed E-state index contributed by atoms with van der Waals surface area (Å²) in [5.74, 6) is -1.47. The number of nitrogens with one attached hydrogen (secondary N) is 1. The van der Waals surface area contributed by atoms with Gasteiger partial charge < -0.3 is 19.9 Å². The fraction of sp³-hybridized carbons (Fsp3) is 0.333. The highest BCUT2D eigenvalue weighted by Gasteiger charge is 2.26. The zero-order valence-corrected chi connectivity index (χ0v) is 15.2. The molecule has 1 amide bonds. The van der Waals surface area contributed by atoms with Gasteiger partial charge in [0.15, 0.2) is 17.0 Å². The summed E-state index contributed by atoms with van der Waals surface area (Å²) < 4.78 is 10.6. The van der Waals surface area contributed by atoms with E-state index >= 15 is 0 Å². The normalized spacial score (nSPS) is 16.4. The van der Waals surface area contributed by atoms with Crippen molar-refractivity contribution in [3.63, 3.8) is 0 Å². The van der Waals surface area contributed by atoms with Crippen molar-refractivity contribution in [3.8, 4) is 11.5 Å². The molecule has 1 unspecified atom stereocenters. The average Bonchev–Trinajstić information content (AvgIpc) is 3.01. The number of hydrogen-bond donors (Lipinski definition) is 2. The summed E-state index contributed by atoms with van der Waals surface area (Å²) >= 11 is 1.18. The van der Waals surface area contributed by atoms with E-state index < -0.39 is 22.7 Å². The number of ether oxygens (including phenoxy) is 2. The Morgan fingerprint density at radius 1 is 1.56 bits per heavy atom. The molecule has 0 spiro atoms. The molecule has 1 aromatic carbocycles. The third-order valence-corrected chi connectivity index (χ3v) is 4.00. The topological polar surface area (TPSA) is 153 Å². The van der Waals surface area contributed by atoms with Crippen molar-refractivity contribution < 1.29 is 29.1 Å². The quantitative estimate of drug-likeness (QED) is 0.380. The van der Waals surface area contributed by atoms with Crippen LogP contribution in [0.15, 0.2) is 22.3 Å². The smallest absolute Gasteiger partial charge is 0.344 e. The van der Waals surface area contributed by atoms with Crippen molar-refractivity contribution in [2.45, 2.75) is 20.0 Å². The summed E-state index contributed by atoms with van der Waals surface area (Å²) in [6.07, 6.45) is -0.0605. The fourth-order valence-corrected chi connectivity index (χ4v) is 2.58. The number of rotatable bonds is 8. The van der Waals surface area contributed by atoms with E-state index in [1.807, 2.05) is 0 Å². The Morgan fingerprint density at radius 2 is 2.30 bits per heavy atom. The highest BCUT2D eigenvalue weighted by atomic mass is 32.2. The largest absolute Gasteiger partial charge is 0.490 e. The average molecular weight is 396 g/mol. The maximum absolute atomic E-state index is 11.4. The number of carboxylic acid groups (broad SMARTS) is 1. The molecule has 0 bridgehead atoms. The first-order valence-corrected chi connectivity index (χ1v) is 8.68. The molecule has 27 heavy (non-hydrogen) atoms. The number of amidine groups is 1. The van der Waals surface area contributed by atoms with Gasteiger partial charge in [-0.15, -0.1) is 5.10 Å². The van der Waals surface area contributed by atoms with Crippen molar-refractivity contribution in [2.75, 3.05) is 12.4 Å². The number of benzene rings is 1. The molecule has 1 aromatic rings. The summed E-state index contributed by atoms with van der Waals surface area (Å²) in [4.78, 5) is 32.8. The van der Waals surface area contributed by atoms with Gasteiger partial charge in [-0.2, -0.15) is 5.10 Å². The summed E-state index contributed by atoms with van der Waals surface area (Å²) in [5.41, 5.74) is -0.175. The molecule has 1 saturated heterocycles. The van der Waals surface area contributed by atoms with Gasteiger partial charge in [0.05, 0.1) is 23.5 Å². The molecule has 0 saturated carbocycles. The van der Waals surface area contributed by atoms with Gasteiger partial charge in [-0.05, 0) is 19.9 Å². The number of carbonyl (C=O) groups excluding carboxylic acids is 1. The molecule has 0 aliphatic carbocycles. The van der Waals surface area contributed by atoms with Crippen LogP contribution < -0.4 is 14.8 Å². The van der Waals surface area contributed by atoms with Crippen LogP contribution in [0.25, 0.3) is 0 Å². The number of aliphatic carboxylic acids is 1. The molecule has 12 heteroatoms. The lowest BCUT2D eigenvalue weighted by molar-refractivity contribution is -0.386.